The second-order valence-corrected chi connectivity index (χ2v) is 12.5. The number of likely N-dealkylation sites (N-methyl/N-ethyl adjacent to an activating group) is 1. The predicted octanol–water partition coefficient (Wildman–Crippen LogP) is 4.62. The summed E-state index contributed by atoms with van der Waals surface area (Å²) in [5, 5.41) is 10.1. The van der Waals surface area contributed by atoms with Gasteiger partial charge in [-0.1, -0.05) is 66.8 Å². The quantitative estimate of drug-likeness (QED) is 0.461. The van der Waals surface area contributed by atoms with Crippen LogP contribution in [0.5, 0.6) is 0 Å². The number of anilines is 1. The molecule has 2 atom stereocenters. The first-order valence-electron chi connectivity index (χ1n) is 12.6. The van der Waals surface area contributed by atoms with Crippen molar-refractivity contribution in [2.45, 2.75) is 37.7 Å². The third-order valence-corrected chi connectivity index (χ3v) is 9.62. The maximum Gasteiger partial charge on any atom is 0.421 e. The average molecular weight is 580 g/mol. The Morgan fingerprint density at radius 2 is 1.74 bits per heavy atom. The summed E-state index contributed by atoms with van der Waals surface area (Å²) >= 11 is 5.34. The van der Waals surface area contributed by atoms with Crippen molar-refractivity contribution in [3.05, 3.63) is 88.9 Å². The molecule has 0 saturated carbocycles. The minimum absolute atomic E-state index is 0.142. The van der Waals surface area contributed by atoms with Gasteiger partial charge >= 0.3 is 6.18 Å². The molecule has 1 saturated heterocycles. The number of rotatable bonds is 8. The lowest BCUT2D eigenvalue weighted by Crippen LogP contribution is -2.58. The number of halogens is 3. The van der Waals surface area contributed by atoms with Crippen LogP contribution in [0.15, 0.2) is 77.7 Å². The fraction of sp³-hybridized carbons (Fsp3) is 0.393. The Kier molecular flexibility index (Phi) is 8.67. The second-order valence-electron chi connectivity index (χ2n) is 10.1. The number of sulfonamides is 1. The zero-order chi connectivity index (χ0) is 28.4. The van der Waals surface area contributed by atoms with Gasteiger partial charge in [0.15, 0.2) is 5.60 Å². The van der Waals surface area contributed by atoms with Crippen molar-refractivity contribution in [3.63, 3.8) is 0 Å². The van der Waals surface area contributed by atoms with Gasteiger partial charge in [0.05, 0.1) is 10.9 Å². The number of aliphatic hydroxyl groups is 1. The van der Waals surface area contributed by atoms with Crippen LogP contribution < -0.4 is 4.90 Å². The van der Waals surface area contributed by atoms with E-state index in [1.807, 2.05) is 48.4 Å². The molecule has 0 amide bonds. The van der Waals surface area contributed by atoms with E-state index in [0.717, 1.165) is 12.5 Å². The van der Waals surface area contributed by atoms with Crippen LogP contribution in [-0.2, 0) is 22.2 Å². The van der Waals surface area contributed by atoms with E-state index in [4.69, 9.17) is 12.2 Å². The van der Waals surface area contributed by atoms with E-state index in [2.05, 4.69) is 4.90 Å². The van der Waals surface area contributed by atoms with Gasteiger partial charge in [0.2, 0.25) is 10.0 Å². The van der Waals surface area contributed by atoms with Crippen LogP contribution in [0, 0.1) is 0 Å². The number of hydrogen-bond acceptors (Lipinski definition) is 6. The summed E-state index contributed by atoms with van der Waals surface area (Å²) in [5.74, 6) is 0. The molecule has 6 nitrogen and oxygen atoms in total. The summed E-state index contributed by atoms with van der Waals surface area (Å²) in [4.78, 5) is 4.64. The second kappa shape index (κ2) is 11.5. The Morgan fingerprint density at radius 3 is 2.36 bits per heavy atom. The molecule has 0 radical (unpaired) electrons. The van der Waals surface area contributed by atoms with E-state index in [1.165, 1.54) is 22.5 Å². The lowest BCUT2D eigenvalue weighted by molar-refractivity contribution is -0.258. The molecule has 1 aliphatic heterocycles. The highest BCUT2D eigenvalue weighted by Gasteiger charge is 2.51. The molecule has 0 spiro atoms. The lowest BCUT2D eigenvalue weighted by atomic mass is 9.95. The Morgan fingerprint density at radius 1 is 1.08 bits per heavy atom. The fourth-order valence-corrected chi connectivity index (χ4v) is 6.97. The van der Waals surface area contributed by atoms with E-state index >= 15 is 0 Å². The maximum absolute atomic E-state index is 13.5. The maximum atomic E-state index is 13.5. The van der Waals surface area contributed by atoms with Gasteiger partial charge in [-0.3, -0.25) is 0 Å². The third-order valence-electron chi connectivity index (χ3n) is 7.16. The summed E-state index contributed by atoms with van der Waals surface area (Å²) in [6.07, 6.45) is 0.635. The molecular weight excluding hydrogens is 547 g/mol. The number of hydrogen-bond donors (Lipinski definition) is 1. The molecule has 39 heavy (non-hydrogen) atoms. The summed E-state index contributed by atoms with van der Waals surface area (Å²) < 4.78 is 68.6. The van der Waals surface area contributed by atoms with E-state index in [1.54, 1.807) is 18.2 Å². The molecular formula is C28H32F3N3O3S2. The Bertz CT molecular complexity index is 1340. The largest absolute Gasteiger partial charge is 0.421 e. The molecule has 0 unspecified atom stereocenters. The normalized spacial score (nSPS) is 20.7. The van der Waals surface area contributed by atoms with Crippen LogP contribution >= 0.6 is 12.2 Å². The average Bonchev–Trinajstić information content (AvgIpc) is 2.89. The molecule has 11 heteroatoms. The minimum Gasteiger partial charge on any atom is -0.376 e. The van der Waals surface area contributed by atoms with Crippen molar-refractivity contribution in [1.82, 2.24) is 9.21 Å². The van der Waals surface area contributed by atoms with Crippen LogP contribution in [-0.4, -0.2) is 73.0 Å². The minimum atomic E-state index is -4.82. The molecule has 1 heterocycles. The zero-order valence-corrected chi connectivity index (χ0v) is 23.4. The van der Waals surface area contributed by atoms with Gasteiger partial charge in [0.1, 0.15) is 0 Å². The SMILES string of the molecule is CN(Cc1ccccc1)C[C@H]1CN(S(=O)(=O)C2=CC=CCC2=S)CCN1c1ccc([C@@](C)(O)C(F)(F)F)cc1. The Hall–Kier alpha value is -2.57. The molecule has 2 aliphatic rings. The van der Waals surface area contributed by atoms with Gasteiger partial charge in [-0.15, -0.1) is 0 Å². The third kappa shape index (κ3) is 6.44. The Labute approximate surface area is 233 Å². The van der Waals surface area contributed by atoms with Crippen LogP contribution in [0.2, 0.25) is 0 Å². The standard InChI is InChI=1S/C28H32F3N3O3S2/c1-27(35,28(29,30)31)22-12-14-23(15-13-22)34-17-16-33(39(36,37)26-11-7-6-10-25(26)38)20-24(34)19-32(2)18-21-8-4-3-5-9-21/h3-9,11-15,24,35H,10,16-20H2,1-2H3/t24-,27+/m0/s1. The number of piperazine rings is 1. The van der Waals surface area contributed by atoms with Crippen molar-refractivity contribution in [2.75, 3.05) is 38.1 Å². The number of thiocarbonyl (C=S) groups is 1. The van der Waals surface area contributed by atoms with E-state index in [9.17, 15) is 26.7 Å². The molecule has 0 bridgehead atoms. The molecule has 2 aromatic carbocycles. The van der Waals surface area contributed by atoms with Crippen molar-refractivity contribution in [1.29, 1.82) is 0 Å². The highest BCUT2D eigenvalue weighted by Crippen LogP contribution is 2.39. The highest BCUT2D eigenvalue weighted by molar-refractivity contribution is 7.96. The summed E-state index contributed by atoms with van der Waals surface area (Å²) in [6, 6.07) is 15.2. The number of allylic oxidation sites excluding steroid dienone is 4. The zero-order valence-electron chi connectivity index (χ0n) is 21.8. The van der Waals surface area contributed by atoms with Gasteiger partial charge < -0.3 is 14.9 Å². The summed E-state index contributed by atoms with van der Waals surface area (Å²) in [7, 11) is -1.86. The molecule has 210 valence electrons. The Balaban J connectivity index is 1.60. The molecule has 1 aliphatic carbocycles. The number of alkyl halides is 3. The number of benzene rings is 2. The summed E-state index contributed by atoms with van der Waals surface area (Å²) in [5.41, 5.74) is -1.48. The first-order valence-corrected chi connectivity index (χ1v) is 14.4. The monoisotopic (exact) mass is 579 g/mol. The highest BCUT2D eigenvalue weighted by atomic mass is 32.2. The molecule has 0 aromatic heterocycles. The smallest absolute Gasteiger partial charge is 0.376 e. The van der Waals surface area contributed by atoms with E-state index in [0.29, 0.717) is 36.6 Å². The van der Waals surface area contributed by atoms with Crippen LogP contribution in [0.4, 0.5) is 18.9 Å². The van der Waals surface area contributed by atoms with Gasteiger partial charge in [-0.25, -0.2) is 8.42 Å². The van der Waals surface area contributed by atoms with Gasteiger partial charge in [-0.05, 0) is 43.3 Å². The molecule has 4 rings (SSSR count). The topological polar surface area (TPSA) is 64.1 Å². The van der Waals surface area contributed by atoms with Crippen LogP contribution in [0.1, 0.15) is 24.5 Å². The van der Waals surface area contributed by atoms with Crippen molar-refractivity contribution >= 4 is 32.8 Å². The van der Waals surface area contributed by atoms with E-state index in [-0.39, 0.29) is 29.6 Å². The summed E-state index contributed by atoms with van der Waals surface area (Å²) in [6.45, 7) is 2.61. The van der Waals surface area contributed by atoms with Crippen molar-refractivity contribution in [2.24, 2.45) is 0 Å². The van der Waals surface area contributed by atoms with Gasteiger partial charge in [-0.2, -0.15) is 17.5 Å². The van der Waals surface area contributed by atoms with Gasteiger partial charge in [0.25, 0.3) is 0 Å². The first kappa shape index (κ1) is 29.4. The predicted molar refractivity (Wildman–Crippen MR) is 151 cm³/mol. The fourth-order valence-electron chi connectivity index (χ4n) is 4.89. The van der Waals surface area contributed by atoms with E-state index < -0.39 is 21.8 Å². The van der Waals surface area contributed by atoms with Crippen LogP contribution in [0.3, 0.4) is 0 Å². The van der Waals surface area contributed by atoms with Crippen LogP contribution in [0.25, 0.3) is 0 Å². The lowest BCUT2D eigenvalue weighted by Gasteiger charge is -2.44. The van der Waals surface area contributed by atoms with Gasteiger partial charge in [0, 0.05) is 49.7 Å². The van der Waals surface area contributed by atoms with Crippen molar-refractivity contribution < 1.29 is 26.7 Å². The molecule has 1 fully saturated rings. The van der Waals surface area contributed by atoms with Crippen molar-refractivity contribution in [3.8, 4) is 0 Å². The first-order chi connectivity index (χ1) is 18.3. The number of nitrogens with zero attached hydrogens (tertiary/aromatic N) is 3. The molecule has 2 aromatic rings. The molecule has 1 N–H and O–H groups in total.